The number of aliphatic imine (C=N–C) groups is 1. The number of carbonyl (C=O) groups is 1. The summed E-state index contributed by atoms with van der Waals surface area (Å²) in [6, 6.07) is 8.90. The van der Waals surface area contributed by atoms with E-state index in [0.29, 0.717) is 24.7 Å². The summed E-state index contributed by atoms with van der Waals surface area (Å²) in [5.74, 6) is 0.811. The monoisotopic (exact) mass is 385 g/mol. The molecule has 154 valence electrons. The van der Waals surface area contributed by atoms with Gasteiger partial charge in [0.05, 0.1) is 6.54 Å². The van der Waals surface area contributed by atoms with Gasteiger partial charge in [-0.05, 0) is 45.2 Å². The van der Waals surface area contributed by atoms with E-state index in [1.54, 1.807) is 0 Å². The Morgan fingerprint density at radius 3 is 2.79 bits per heavy atom. The molecule has 0 bridgehead atoms. The molecule has 1 aliphatic carbocycles. The zero-order chi connectivity index (χ0) is 19.8. The third-order valence-electron chi connectivity index (χ3n) is 5.69. The molecule has 1 saturated heterocycles. The quantitative estimate of drug-likeness (QED) is 0.383. The first kappa shape index (κ1) is 20.6. The van der Waals surface area contributed by atoms with Crippen LogP contribution in [0.2, 0.25) is 0 Å². The van der Waals surface area contributed by atoms with Gasteiger partial charge in [0.15, 0.2) is 5.96 Å². The Morgan fingerprint density at radius 2 is 2.04 bits per heavy atom. The zero-order valence-corrected chi connectivity index (χ0v) is 17.3. The molecule has 6 nitrogen and oxygen atoms in total. The number of aryl methyl sites for hydroxylation is 1. The average Bonchev–Trinajstić information content (AvgIpc) is 3.37. The fourth-order valence-electron chi connectivity index (χ4n) is 4.25. The lowest BCUT2D eigenvalue weighted by molar-refractivity contribution is 0.0954. The van der Waals surface area contributed by atoms with Gasteiger partial charge in [-0.15, -0.1) is 0 Å². The molecule has 3 rings (SSSR count). The molecule has 28 heavy (non-hydrogen) atoms. The lowest BCUT2D eigenvalue weighted by Gasteiger charge is -2.24. The Morgan fingerprint density at radius 1 is 1.21 bits per heavy atom. The van der Waals surface area contributed by atoms with Crippen molar-refractivity contribution in [3.63, 3.8) is 0 Å². The maximum atomic E-state index is 12.2. The fourth-order valence-corrected chi connectivity index (χ4v) is 4.25. The highest BCUT2D eigenvalue weighted by molar-refractivity contribution is 5.94. The van der Waals surface area contributed by atoms with Crippen molar-refractivity contribution in [1.82, 2.24) is 20.9 Å². The lowest BCUT2D eigenvalue weighted by atomic mass is 10.1. The predicted octanol–water partition coefficient (Wildman–Crippen LogP) is 2.30. The minimum Gasteiger partial charge on any atom is -0.357 e. The molecule has 1 aromatic rings. The molecule has 0 aromatic heterocycles. The van der Waals surface area contributed by atoms with Crippen LogP contribution in [-0.2, 0) is 0 Å². The Hall–Kier alpha value is -2.08. The van der Waals surface area contributed by atoms with E-state index in [9.17, 15) is 4.79 Å². The Bertz CT molecular complexity index is 669. The van der Waals surface area contributed by atoms with Gasteiger partial charge in [-0.25, -0.2) is 0 Å². The van der Waals surface area contributed by atoms with Crippen LogP contribution >= 0.6 is 0 Å². The maximum absolute atomic E-state index is 12.2. The van der Waals surface area contributed by atoms with E-state index in [-0.39, 0.29) is 5.91 Å². The van der Waals surface area contributed by atoms with Crippen LogP contribution in [0, 0.1) is 6.92 Å². The van der Waals surface area contributed by atoms with Crippen LogP contribution in [0.5, 0.6) is 0 Å². The zero-order valence-electron chi connectivity index (χ0n) is 17.3. The van der Waals surface area contributed by atoms with Crippen LogP contribution in [0.15, 0.2) is 29.3 Å². The number of nitrogens with one attached hydrogen (secondary N) is 3. The summed E-state index contributed by atoms with van der Waals surface area (Å²) in [4.78, 5) is 19.5. The topological polar surface area (TPSA) is 68.8 Å². The van der Waals surface area contributed by atoms with Gasteiger partial charge in [0, 0.05) is 43.8 Å². The second-order valence-corrected chi connectivity index (χ2v) is 7.95. The van der Waals surface area contributed by atoms with Crippen molar-refractivity contribution >= 4 is 11.9 Å². The number of likely N-dealkylation sites (tertiary alicyclic amines) is 1. The highest BCUT2D eigenvalue weighted by atomic mass is 16.1. The summed E-state index contributed by atoms with van der Waals surface area (Å²) in [5.41, 5.74) is 1.79. The van der Waals surface area contributed by atoms with Crippen molar-refractivity contribution in [2.24, 2.45) is 4.99 Å². The highest BCUT2D eigenvalue weighted by Crippen LogP contribution is 2.26. The lowest BCUT2D eigenvalue weighted by Crippen LogP contribution is -2.45. The van der Waals surface area contributed by atoms with E-state index in [1.165, 1.54) is 38.6 Å². The molecule has 1 heterocycles. The van der Waals surface area contributed by atoms with Gasteiger partial charge in [0.1, 0.15) is 0 Å². The molecule has 1 amide bonds. The summed E-state index contributed by atoms with van der Waals surface area (Å²) in [6.45, 7) is 8.30. The van der Waals surface area contributed by atoms with Gasteiger partial charge in [-0.2, -0.15) is 0 Å². The number of amides is 1. The summed E-state index contributed by atoms with van der Waals surface area (Å²) in [7, 11) is 0. The van der Waals surface area contributed by atoms with Crippen molar-refractivity contribution in [2.45, 2.75) is 58.0 Å². The van der Waals surface area contributed by atoms with E-state index in [4.69, 9.17) is 0 Å². The van der Waals surface area contributed by atoms with Gasteiger partial charge < -0.3 is 16.0 Å². The van der Waals surface area contributed by atoms with Crippen LogP contribution in [0.3, 0.4) is 0 Å². The maximum Gasteiger partial charge on any atom is 0.251 e. The summed E-state index contributed by atoms with van der Waals surface area (Å²) in [5, 5.41) is 9.86. The number of rotatable bonds is 7. The van der Waals surface area contributed by atoms with E-state index in [0.717, 1.165) is 30.7 Å². The first-order valence-electron chi connectivity index (χ1n) is 10.8. The van der Waals surface area contributed by atoms with Crippen LogP contribution in [-0.4, -0.2) is 61.6 Å². The molecule has 1 aromatic carbocycles. The summed E-state index contributed by atoms with van der Waals surface area (Å²) < 4.78 is 0. The van der Waals surface area contributed by atoms with Gasteiger partial charge in [-0.1, -0.05) is 30.5 Å². The molecule has 1 atom stereocenters. The molecule has 6 heteroatoms. The molecule has 0 spiro atoms. The number of hydrogen-bond acceptors (Lipinski definition) is 3. The van der Waals surface area contributed by atoms with Crippen molar-refractivity contribution in [3.05, 3.63) is 35.4 Å². The summed E-state index contributed by atoms with van der Waals surface area (Å²) >= 11 is 0. The molecule has 0 radical (unpaired) electrons. The van der Waals surface area contributed by atoms with Gasteiger partial charge in [-0.3, -0.25) is 14.7 Å². The molecule has 1 unspecified atom stereocenters. The minimum absolute atomic E-state index is 0.0418. The van der Waals surface area contributed by atoms with Gasteiger partial charge in [0.2, 0.25) is 0 Å². The SMILES string of the molecule is CCNC(=NCCNC(=O)c1cccc(C)c1)NC1CCN(C2CCCC2)C1. The molecule has 1 saturated carbocycles. The number of nitrogens with zero attached hydrogens (tertiary/aromatic N) is 2. The van der Waals surface area contributed by atoms with Crippen LogP contribution in [0.1, 0.15) is 54.9 Å². The third kappa shape index (κ3) is 5.96. The van der Waals surface area contributed by atoms with E-state index in [1.807, 2.05) is 31.2 Å². The van der Waals surface area contributed by atoms with Crippen molar-refractivity contribution < 1.29 is 4.79 Å². The number of hydrogen-bond donors (Lipinski definition) is 3. The van der Waals surface area contributed by atoms with Crippen molar-refractivity contribution in [1.29, 1.82) is 0 Å². The van der Waals surface area contributed by atoms with Crippen LogP contribution < -0.4 is 16.0 Å². The van der Waals surface area contributed by atoms with Crippen LogP contribution in [0.4, 0.5) is 0 Å². The van der Waals surface area contributed by atoms with E-state index < -0.39 is 0 Å². The number of carbonyl (C=O) groups excluding carboxylic acids is 1. The normalized spacial score (nSPS) is 21.1. The standard InChI is InChI=1S/C22H35N5O/c1-3-23-22(26-19-11-14-27(16-19)20-9-4-5-10-20)25-13-12-24-21(28)18-8-6-7-17(2)15-18/h6-8,15,19-20H,3-5,9-14,16H2,1-2H3,(H,24,28)(H2,23,25,26). The summed E-state index contributed by atoms with van der Waals surface area (Å²) in [6.07, 6.45) is 6.67. The molecule has 2 aliphatic rings. The second kappa shape index (κ2) is 10.5. The second-order valence-electron chi connectivity index (χ2n) is 7.95. The first-order valence-corrected chi connectivity index (χ1v) is 10.8. The van der Waals surface area contributed by atoms with Gasteiger partial charge in [0.25, 0.3) is 5.91 Å². The average molecular weight is 386 g/mol. The third-order valence-corrected chi connectivity index (χ3v) is 5.69. The number of benzene rings is 1. The molecule has 2 fully saturated rings. The Kier molecular flexibility index (Phi) is 7.71. The predicted molar refractivity (Wildman–Crippen MR) is 115 cm³/mol. The molecule has 3 N–H and O–H groups in total. The molecular formula is C22H35N5O. The molecule has 1 aliphatic heterocycles. The van der Waals surface area contributed by atoms with E-state index in [2.05, 4.69) is 32.8 Å². The Balaban J connectivity index is 1.43. The minimum atomic E-state index is -0.0418. The Labute approximate surface area is 169 Å². The smallest absolute Gasteiger partial charge is 0.251 e. The van der Waals surface area contributed by atoms with Crippen molar-refractivity contribution in [2.75, 3.05) is 32.7 Å². The molecular weight excluding hydrogens is 350 g/mol. The van der Waals surface area contributed by atoms with Crippen molar-refractivity contribution in [3.8, 4) is 0 Å². The largest absolute Gasteiger partial charge is 0.357 e. The highest BCUT2D eigenvalue weighted by Gasteiger charge is 2.30. The first-order chi connectivity index (χ1) is 13.7. The van der Waals surface area contributed by atoms with Gasteiger partial charge >= 0.3 is 0 Å². The fraction of sp³-hybridized carbons (Fsp3) is 0.636. The van der Waals surface area contributed by atoms with Crippen LogP contribution in [0.25, 0.3) is 0 Å². The van der Waals surface area contributed by atoms with E-state index >= 15 is 0 Å². The number of guanidine groups is 1.